The molecule has 0 spiro atoms. The minimum atomic E-state index is -0.605. The van der Waals surface area contributed by atoms with E-state index in [0.717, 1.165) is 49.3 Å². The first-order valence-electron chi connectivity index (χ1n) is 15.5. The van der Waals surface area contributed by atoms with E-state index in [2.05, 4.69) is 13.8 Å². The molecule has 0 saturated heterocycles. The van der Waals surface area contributed by atoms with Gasteiger partial charge in [0.25, 0.3) is 0 Å². The summed E-state index contributed by atoms with van der Waals surface area (Å²) in [6, 6.07) is 11.2. The second-order valence-electron chi connectivity index (χ2n) is 11.1. The Balaban J connectivity index is 1.30. The van der Waals surface area contributed by atoms with E-state index in [1.807, 2.05) is 12.1 Å². The SMILES string of the molecule is CCCCCCCC1CCC(CCCOc2ccc(OC(=O)c3ccc(OCCCCC)c(F)c3)cc2)CC1. The maximum Gasteiger partial charge on any atom is 0.343 e. The van der Waals surface area contributed by atoms with E-state index in [9.17, 15) is 9.18 Å². The lowest BCUT2D eigenvalue weighted by molar-refractivity contribution is 0.0734. The normalized spacial score (nSPS) is 17.1. The number of unbranched alkanes of at least 4 members (excludes halogenated alkanes) is 6. The molecular weight excluding hydrogens is 491 g/mol. The molecule has 4 nitrogen and oxygen atoms in total. The maximum atomic E-state index is 14.3. The van der Waals surface area contributed by atoms with E-state index < -0.39 is 11.8 Å². The monoisotopic (exact) mass is 540 g/mol. The molecule has 1 saturated carbocycles. The van der Waals surface area contributed by atoms with Crippen molar-refractivity contribution in [2.24, 2.45) is 11.8 Å². The molecule has 1 fully saturated rings. The van der Waals surface area contributed by atoms with Crippen LogP contribution >= 0.6 is 0 Å². The van der Waals surface area contributed by atoms with Gasteiger partial charge in [-0.1, -0.05) is 90.9 Å². The first-order valence-corrected chi connectivity index (χ1v) is 15.5. The summed E-state index contributed by atoms with van der Waals surface area (Å²) in [5.74, 6) is 1.96. The highest BCUT2D eigenvalue weighted by Gasteiger charge is 2.20. The van der Waals surface area contributed by atoms with E-state index >= 15 is 0 Å². The molecule has 3 rings (SSSR count). The van der Waals surface area contributed by atoms with Crippen LogP contribution in [0.2, 0.25) is 0 Å². The van der Waals surface area contributed by atoms with Crippen molar-refractivity contribution in [1.29, 1.82) is 0 Å². The van der Waals surface area contributed by atoms with Crippen molar-refractivity contribution in [3.8, 4) is 17.2 Å². The van der Waals surface area contributed by atoms with Gasteiger partial charge in [0.1, 0.15) is 11.5 Å². The Hall–Kier alpha value is -2.56. The van der Waals surface area contributed by atoms with Crippen molar-refractivity contribution in [2.45, 2.75) is 110 Å². The highest BCUT2D eigenvalue weighted by atomic mass is 19.1. The summed E-state index contributed by atoms with van der Waals surface area (Å²) in [5, 5.41) is 0. The van der Waals surface area contributed by atoms with Crippen LogP contribution < -0.4 is 14.2 Å². The molecule has 0 radical (unpaired) electrons. The van der Waals surface area contributed by atoms with Gasteiger partial charge in [0.2, 0.25) is 0 Å². The van der Waals surface area contributed by atoms with Crippen LogP contribution in [0.15, 0.2) is 42.5 Å². The molecule has 1 aliphatic rings. The molecule has 39 heavy (non-hydrogen) atoms. The minimum absolute atomic E-state index is 0.148. The Morgan fingerprint density at radius 3 is 1.97 bits per heavy atom. The molecule has 0 heterocycles. The Morgan fingerprint density at radius 1 is 0.718 bits per heavy atom. The van der Waals surface area contributed by atoms with Gasteiger partial charge < -0.3 is 14.2 Å². The number of ether oxygens (including phenoxy) is 3. The number of carbonyl (C=O) groups excluding carboxylic acids is 1. The average Bonchev–Trinajstić information content (AvgIpc) is 2.95. The highest BCUT2D eigenvalue weighted by molar-refractivity contribution is 5.91. The van der Waals surface area contributed by atoms with Gasteiger partial charge in [0.05, 0.1) is 18.8 Å². The third-order valence-electron chi connectivity index (χ3n) is 7.92. The zero-order valence-corrected chi connectivity index (χ0v) is 24.2. The number of benzene rings is 2. The molecule has 0 bridgehead atoms. The number of halogens is 1. The fourth-order valence-corrected chi connectivity index (χ4v) is 5.46. The molecule has 1 aliphatic carbocycles. The van der Waals surface area contributed by atoms with E-state index in [4.69, 9.17) is 14.2 Å². The summed E-state index contributed by atoms with van der Waals surface area (Å²) in [7, 11) is 0. The van der Waals surface area contributed by atoms with Gasteiger partial charge in [-0.2, -0.15) is 0 Å². The van der Waals surface area contributed by atoms with Crippen molar-refractivity contribution in [3.05, 3.63) is 53.8 Å². The van der Waals surface area contributed by atoms with Crippen LogP contribution in [0.3, 0.4) is 0 Å². The topological polar surface area (TPSA) is 44.8 Å². The second-order valence-corrected chi connectivity index (χ2v) is 11.1. The summed E-state index contributed by atoms with van der Waals surface area (Å²) >= 11 is 0. The number of esters is 1. The number of hydrogen-bond donors (Lipinski definition) is 0. The minimum Gasteiger partial charge on any atom is -0.494 e. The zero-order valence-electron chi connectivity index (χ0n) is 24.2. The van der Waals surface area contributed by atoms with Crippen LogP contribution in [0.5, 0.6) is 17.2 Å². The smallest absolute Gasteiger partial charge is 0.343 e. The Bertz CT molecular complexity index is 950. The number of rotatable bonds is 18. The van der Waals surface area contributed by atoms with E-state index in [1.165, 1.54) is 82.8 Å². The third-order valence-corrected chi connectivity index (χ3v) is 7.92. The standard InChI is InChI=1S/C34H49FO4/c1-3-5-7-8-9-12-27-14-16-28(17-15-27)13-11-25-37-30-19-21-31(22-20-30)39-34(36)29-18-23-33(32(35)26-29)38-24-10-6-4-2/h18-23,26-28H,3-17,24-25H2,1-2H3. The molecule has 0 atom stereocenters. The first-order chi connectivity index (χ1) is 19.1. The van der Waals surface area contributed by atoms with Crippen molar-refractivity contribution in [2.75, 3.05) is 13.2 Å². The lowest BCUT2D eigenvalue weighted by atomic mass is 9.78. The first kappa shape index (κ1) is 31.0. The van der Waals surface area contributed by atoms with Crippen LogP contribution in [-0.4, -0.2) is 19.2 Å². The van der Waals surface area contributed by atoms with Gasteiger partial charge in [-0.15, -0.1) is 0 Å². The lowest BCUT2D eigenvalue weighted by Gasteiger charge is -2.28. The van der Waals surface area contributed by atoms with Crippen molar-refractivity contribution < 1.29 is 23.4 Å². The largest absolute Gasteiger partial charge is 0.494 e. The molecule has 5 heteroatoms. The summed E-state index contributed by atoms with van der Waals surface area (Å²) in [5.41, 5.74) is 0.148. The van der Waals surface area contributed by atoms with E-state index in [1.54, 1.807) is 12.1 Å². The number of hydrogen-bond acceptors (Lipinski definition) is 4. The predicted molar refractivity (Wildman–Crippen MR) is 156 cm³/mol. The van der Waals surface area contributed by atoms with Crippen LogP contribution in [0.25, 0.3) is 0 Å². The molecule has 216 valence electrons. The summed E-state index contributed by atoms with van der Waals surface area (Å²) in [6.45, 7) is 5.54. The van der Waals surface area contributed by atoms with Crippen LogP contribution in [0, 0.1) is 17.7 Å². The molecular formula is C34H49FO4. The average molecular weight is 541 g/mol. The summed E-state index contributed by atoms with van der Waals surface area (Å²) in [4.78, 5) is 12.5. The van der Waals surface area contributed by atoms with E-state index in [-0.39, 0.29) is 11.3 Å². The number of carbonyl (C=O) groups is 1. The van der Waals surface area contributed by atoms with Gasteiger partial charge in [0.15, 0.2) is 11.6 Å². The van der Waals surface area contributed by atoms with E-state index in [0.29, 0.717) is 19.0 Å². The Morgan fingerprint density at radius 2 is 1.31 bits per heavy atom. The van der Waals surface area contributed by atoms with Crippen LogP contribution in [-0.2, 0) is 0 Å². The second kappa shape index (κ2) is 17.9. The Kier molecular flexibility index (Phi) is 14.2. The van der Waals surface area contributed by atoms with Crippen LogP contribution in [0.4, 0.5) is 4.39 Å². The molecule has 2 aromatic carbocycles. The van der Waals surface area contributed by atoms with Gasteiger partial charge in [0, 0.05) is 0 Å². The molecule has 0 amide bonds. The fraction of sp³-hybridized carbons (Fsp3) is 0.618. The summed E-state index contributed by atoms with van der Waals surface area (Å²) < 4.78 is 31.1. The molecule has 2 aromatic rings. The Labute approximate surface area is 235 Å². The summed E-state index contributed by atoms with van der Waals surface area (Å²) in [6.07, 6.45) is 19.2. The van der Waals surface area contributed by atoms with Gasteiger partial charge in [-0.05, 0) is 73.6 Å². The maximum absolute atomic E-state index is 14.3. The molecule has 0 aliphatic heterocycles. The van der Waals surface area contributed by atoms with Crippen molar-refractivity contribution >= 4 is 5.97 Å². The zero-order chi connectivity index (χ0) is 27.7. The van der Waals surface area contributed by atoms with Crippen LogP contribution in [0.1, 0.15) is 121 Å². The quantitative estimate of drug-likeness (QED) is 0.107. The van der Waals surface area contributed by atoms with Crippen molar-refractivity contribution in [3.63, 3.8) is 0 Å². The van der Waals surface area contributed by atoms with Crippen molar-refractivity contribution in [1.82, 2.24) is 0 Å². The molecule has 0 unspecified atom stereocenters. The molecule has 0 N–H and O–H groups in total. The van der Waals surface area contributed by atoms with Gasteiger partial charge >= 0.3 is 5.97 Å². The lowest BCUT2D eigenvalue weighted by Crippen LogP contribution is -2.15. The predicted octanol–water partition coefficient (Wildman–Crippen LogP) is 9.94. The fourth-order valence-electron chi connectivity index (χ4n) is 5.46. The third kappa shape index (κ3) is 11.6. The molecule has 0 aromatic heterocycles. The highest BCUT2D eigenvalue weighted by Crippen LogP contribution is 2.34. The van der Waals surface area contributed by atoms with Gasteiger partial charge in [-0.3, -0.25) is 0 Å². The van der Waals surface area contributed by atoms with Gasteiger partial charge in [-0.25, -0.2) is 9.18 Å².